The molecule has 1 N–H and O–H groups in total. The smallest absolute Gasteiger partial charge is 0.00952 e. The van der Waals surface area contributed by atoms with Crippen molar-refractivity contribution in [2.75, 3.05) is 7.05 Å². The molecule has 0 radical (unpaired) electrons. The number of allylic oxidation sites excluding steroid dienone is 1. The van der Waals surface area contributed by atoms with Gasteiger partial charge < -0.3 is 5.32 Å². The Morgan fingerprint density at radius 1 is 1.36 bits per heavy atom. The van der Waals surface area contributed by atoms with Gasteiger partial charge in [0.1, 0.15) is 0 Å². The standard InChI is InChI=1S/C13H25N/c1-4-5-6-13(14-3)12-9-7-11(2)8-10-12/h4,11-14H,1,5-10H2,2-3H3. The van der Waals surface area contributed by atoms with Gasteiger partial charge in [-0.3, -0.25) is 0 Å². The van der Waals surface area contributed by atoms with Crippen molar-refractivity contribution < 1.29 is 0 Å². The highest BCUT2D eigenvalue weighted by atomic mass is 14.9. The van der Waals surface area contributed by atoms with Crippen LogP contribution in [0, 0.1) is 11.8 Å². The van der Waals surface area contributed by atoms with Crippen LogP contribution in [-0.2, 0) is 0 Å². The van der Waals surface area contributed by atoms with E-state index in [1.807, 2.05) is 6.08 Å². The number of hydrogen-bond acceptors (Lipinski definition) is 1. The van der Waals surface area contributed by atoms with Gasteiger partial charge in [0.05, 0.1) is 0 Å². The molecule has 14 heavy (non-hydrogen) atoms. The third-order valence-electron chi connectivity index (χ3n) is 3.68. The van der Waals surface area contributed by atoms with Crippen LogP contribution in [0.2, 0.25) is 0 Å². The van der Waals surface area contributed by atoms with E-state index >= 15 is 0 Å². The zero-order chi connectivity index (χ0) is 10.4. The van der Waals surface area contributed by atoms with Crippen molar-refractivity contribution in [3.05, 3.63) is 12.7 Å². The first-order chi connectivity index (χ1) is 6.77. The lowest BCUT2D eigenvalue weighted by Crippen LogP contribution is -2.35. The van der Waals surface area contributed by atoms with Gasteiger partial charge in [0.25, 0.3) is 0 Å². The number of nitrogens with one attached hydrogen (secondary N) is 1. The van der Waals surface area contributed by atoms with Gasteiger partial charge in [-0.15, -0.1) is 6.58 Å². The molecule has 82 valence electrons. The second-order valence-electron chi connectivity index (χ2n) is 4.78. The maximum atomic E-state index is 3.80. The largest absolute Gasteiger partial charge is 0.317 e. The van der Waals surface area contributed by atoms with Crippen molar-refractivity contribution in [1.82, 2.24) is 5.32 Å². The van der Waals surface area contributed by atoms with Gasteiger partial charge in [0, 0.05) is 6.04 Å². The van der Waals surface area contributed by atoms with Gasteiger partial charge in [-0.05, 0) is 44.6 Å². The molecule has 1 nitrogen and oxygen atoms in total. The summed E-state index contributed by atoms with van der Waals surface area (Å²) in [5, 5.41) is 3.47. The molecule has 0 amide bonds. The fourth-order valence-corrected chi connectivity index (χ4v) is 2.60. The Bertz CT molecular complexity index is 157. The van der Waals surface area contributed by atoms with Crippen LogP contribution in [0.5, 0.6) is 0 Å². The molecule has 1 fully saturated rings. The van der Waals surface area contributed by atoms with E-state index in [4.69, 9.17) is 0 Å². The Kier molecular flexibility index (Phi) is 5.24. The van der Waals surface area contributed by atoms with Crippen LogP contribution >= 0.6 is 0 Å². The molecule has 1 rings (SSSR count). The highest BCUT2D eigenvalue weighted by Gasteiger charge is 2.24. The van der Waals surface area contributed by atoms with E-state index in [2.05, 4.69) is 25.9 Å². The van der Waals surface area contributed by atoms with E-state index in [-0.39, 0.29) is 0 Å². The fraction of sp³-hybridized carbons (Fsp3) is 0.846. The molecule has 1 aliphatic carbocycles. The molecule has 0 aromatic rings. The Hall–Kier alpha value is -0.300. The Morgan fingerprint density at radius 2 is 2.00 bits per heavy atom. The van der Waals surface area contributed by atoms with Crippen LogP contribution in [0.1, 0.15) is 45.4 Å². The molecule has 0 bridgehead atoms. The summed E-state index contributed by atoms with van der Waals surface area (Å²) in [6, 6.07) is 0.723. The van der Waals surface area contributed by atoms with Crippen LogP contribution in [0.15, 0.2) is 12.7 Å². The summed E-state index contributed by atoms with van der Waals surface area (Å²) in [7, 11) is 2.10. The van der Waals surface area contributed by atoms with E-state index in [1.165, 1.54) is 32.1 Å². The predicted octanol–water partition coefficient (Wildman–Crippen LogP) is 3.37. The zero-order valence-electron chi connectivity index (χ0n) is 9.76. The van der Waals surface area contributed by atoms with E-state index < -0.39 is 0 Å². The molecule has 0 aromatic carbocycles. The summed E-state index contributed by atoms with van der Waals surface area (Å²) in [6.45, 7) is 6.18. The van der Waals surface area contributed by atoms with Crippen LogP contribution < -0.4 is 5.32 Å². The normalized spacial score (nSPS) is 29.9. The highest BCUT2D eigenvalue weighted by molar-refractivity contribution is 4.82. The SMILES string of the molecule is C=CCCC(NC)C1CCC(C)CC1. The second-order valence-corrected chi connectivity index (χ2v) is 4.78. The lowest BCUT2D eigenvalue weighted by molar-refractivity contribution is 0.229. The lowest BCUT2D eigenvalue weighted by Gasteiger charge is -2.32. The predicted molar refractivity (Wildman–Crippen MR) is 63.4 cm³/mol. The molecule has 0 saturated heterocycles. The van der Waals surface area contributed by atoms with Crippen molar-refractivity contribution in [2.24, 2.45) is 11.8 Å². The molecular weight excluding hydrogens is 170 g/mol. The van der Waals surface area contributed by atoms with E-state index in [1.54, 1.807) is 0 Å². The van der Waals surface area contributed by atoms with Gasteiger partial charge in [0.15, 0.2) is 0 Å². The molecule has 0 aliphatic heterocycles. The molecule has 0 spiro atoms. The quantitative estimate of drug-likeness (QED) is 0.663. The molecule has 0 heterocycles. The van der Waals surface area contributed by atoms with Crippen molar-refractivity contribution in [3.63, 3.8) is 0 Å². The minimum Gasteiger partial charge on any atom is -0.317 e. The minimum atomic E-state index is 0.723. The Balaban J connectivity index is 2.32. The minimum absolute atomic E-state index is 0.723. The summed E-state index contributed by atoms with van der Waals surface area (Å²) in [6.07, 6.45) is 10.1. The van der Waals surface area contributed by atoms with Crippen molar-refractivity contribution in [2.45, 2.75) is 51.5 Å². The fourth-order valence-electron chi connectivity index (χ4n) is 2.60. The molecule has 1 aliphatic rings. The Labute approximate surface area is 89.0 Å². The van der Waals surface area contributed by atoms with E-state index in [0.29, 0.717) is 0 Å². The number of hydrogen-bond donors (Lipinski definition) is 1. The summed E-state index contributed by atoms with van der Waals surface area (Å²) in [5.74, 6) is 1.87. The first-order valence-electron chi connectivity index (χ1n) is 6.06. The lowest BCUT2D eigenvalue weighted by atomic mass is 9.78. The van der Waals surface area contributed by atoms with Crippen molar-refractivity contribution >= 4 is 0 Å². The van der Waals surface area contributed by atoms with Crippen molar-refractivity contribution in [1.29, 1.82) is 0 Å². The second kappa shape index (κ2) is 6.23. The van der Waals surface area contributed by atoms with E-state index in [0.717, 1.165) is 24.3 Å². The summed E-state index contributed by atoms with van der Waals surface area (Å²) >= 11 is 0. The first kappa shape index (κ1) is 11.8. The molecule has 1 atom stereocenters. The average Bonchev–Trinajstić information content (AvgIpc) is 2.21. The summed E-state index contributed by atoms with van der Waals surface area (Å²) in [4.78, 5) is 0. The van der Waals surface area contributed by atoms with Gasteiger partial charge in [-0.2, -0.15) is 0 Å². The molecule has 0 aromatic heterocycles. The molecule has 1 heteroatoms. The maximum absolute atomic E-state index is 3.80. The van der Waals surface area contributed by atoms with Crippen LogP contribution in [0.3, 0.4) is 0 Å². The monoisotopic (exact) mass is 195 g/mol. The molecule has 1 saturated carbocycles. The van der Waals surface area contributed by atoms with E-state index in [9.17, 15) is 0 Å². The van der Waals surface area contributed by atoms with Gasteiger partial charge in [0.2, 0.25) is 0 Å². The van der Waals surface area contributed by atoms with Gasteiger partial charge in [-0.1, -0.05) is 25.8 Å². The zero-order valence-corrected chi connectivity index (χ0v) is 9.76. The average molecular weight is 195 g/mol. The third-order valence-corrected chi connectivity index (χ3v) is 3.68. The topological polar surface area (TPSA) is 12.0 Å². The summed E-state index contributed by atoms with van der Waals surface area (Å²) < 4.78 is 0. The van der Waals surface area contributed by atoms with Crippen LogP contribution in [-0.4, -0.2) is 13.1 Å². The van der Waals surface area contributed by atoms with Crippen LogP contribution in [0.25, 0.3) is 0 Å². The van der Waals surface area contributed by atoms with Gasteiger partial charge in [-0.25, -0.2) is 0 Å². The van der Waals surface area contributed by atoms with Crippen molar-refractivity contribution in [3.8, 4) is 0 Å². The van der Waals surface area contributed by atoms with Crippen LogP contribution in [0.4, 0.5) is 0 Å². The first-order valence-corrected chi connectivity index (χ1v) is 6.06. The molecule has 1 unspecified atom stereocenters. The highest BCUT2D eigenvalue weighted by Crippen LogP contribution is 2.31. The number of rotatable bonds is 5. The maximum Gasteiger partial charge on any atom is 0.00952 e. The Morgan fingerprint density at radius 3 is 2.50 bits per heavy atom. The molecular formula is C13H25N. The third kappa shape index (κ3) is 3.45. The summed E-state index contributed by atoms with van der Waals surface area (Å²) in [5.41, 5.74) is 0. The van der Waals surface area contributed by atoms with Gasteiger partial charge >= 0.3 is 0 Å².